The summed E-state index contributed by atoms with van der Waals surface area (Å²) in [7, 11) is -4.07. The second-order valence-corrected chi connectivity index (χ2v) is 20.9. The zero-order valence-electron chi connectivity index (χ0n) is 23.4. The van der Waals surface area contributed by atoms with Crippen LogP contribution in [0.4, 0.5) is 0 Å². The van der Waals surface area contributed by atoms with Gasteiger partial charge in [0.15, 0.2) is 0 Å². The smallest absolute Gasteiger partial charge is 0.302 e. The molecule has 3 rings (SSSR count). The lowest BCUT2D eigenvalue weighted by molar-refractivity contribution is -0.149. The van der Waals surface area contributed by atoms with Crippen LogP contribution in [-0.2, 0) is 18.7 Å². The van der Waals surface area contributed by atoms with E-state index in [1.54, 1.807) is 0 Å². The Morgan fingerprint density at radius 1 is 1.03 bits per heavy atom. The van der Waals surface area contributed by atoms with E-state index in [9.17, 15) is 4.79 Å². The highest BCUT2D eigenvalue weighted by atomic mass is 28.4. The molecule has 198 valence electrons. The molecule has 0 radical (unpaired) electrons. The normalized spacial score (nSPS) is 20.5. The van der Waals surface area contributed by atoms with E-state index >= 15 is 0 Å². The van der Waals surface area contributed by atoms with Crippen LogP contribution < -0.4 is 10.4 Å². The summed E-state index contributed by atoms with van der Waals surface area (Å²) in [6.07, 6.45) is 4.54. The first-order chi connectivity index (χ1) is 17.4. The Hall–Kier alpha value is -2.44. The van der Waals surface area contributed by atoms with Crippen LogP contribution >= 0.6 is 0 Å². The molecule has 0 saturated carbocycles. The number of carbonyl (C=O) groups is 1. The minimum atomic E-state index is -2.66. The number of hydrogen-bond donors (Lipinski definition) is 0. The lowest BCUT2D eigenvalue weighted by Gasteiger charge is -2.43. The van der Waals surface area contributed by atoms with E-state index < -0.39 is 16.4 Å². The minimum Gasteiger partial charge on any atom is -0.460 e. The topological polar surface area (TPSA) is 44.8 Å². The molecule has 0 amide bonds. The fourth-order valence-electron chi connectivity index (χ4n) is 4.95. The Morgan fingerprint density at radius 3 is 2.08 bits per heavy atom. The van der Waals surface area contributed by atoms with Crippen molar-refractivity contribution in [2.75, 3.05) is 6.61 Å². The van der Waals surface area contributed by atoms with Gasteiger partial charge in [0.05, 0.1) is 18.8 Å². The monoisotopic (exact) mass is 534 g/mol. The predicted octanol–water partition coefficient (Wildman–Crippen LogP) is 5.48. The first-order valence-corrected chi connectivity index (χ1v) is 18.6. The van der Waals surface area contributed by atoms with Crippen LogP contribution in [0.15, 0.2) is 72.8 Å². The number of esters is 1. The summed E-state index contributed by atoms with van der Waals surface area (Å²) >= 11 is 0. The van der Waals surface area contributed by atoms with E-state index in [1.807, 2.05) is 24.3 Å². The summed E-state index contributed by atoms with van der Waals surface area (Å²) in [4.78, 5) is 11.8. The van der Waals surface area contributed by atoms with E-state index in [2.05, 4.69) is 100 Å². The van der Waals surface area contributed by atoms with Gasteiger partial charge in [-0.25, -0.2) is 0 Å². The SMILES string of the molecule is CC(=O)O[C@@H]1C[C@H](CO[Si](c2ccccc2)(c2ccccc2)C(C)(C)C)O[C@@H]1C/C=C/C#C[Si](C)(C)C. The van der Waals surface area contributed by atoms with Crippen molar-refractivity contribution in [2.24, 2.45) is 0 Å². The third-order valence-corrected chi connectivity index (χ3v) is 12.4. The molecule has 3 atom stereocenters. The molecule has 1 aliphatic heterocycles. The van der Waals surface area contributed by atoms with Gasteiger partial charge in [0.2, 0.25) is 0 Å². The summed E-state index contributed by atoms with van der Waals surface area (Å²) in [5.41, 5.74) is 3.34. The summed E-state index contributed by atoms with van der Waals surface area (Å²) in [6.45, 7) is 15.4. The Bertz CT molecular complexity index is 1070. The number of benzene rings is 2. The van der Waals surface area contributed by atoms with Gasteiger partial charge >= 0.3 is 5.97 Å². The van der Waals surface area contributed by atoms with Gasteiger partial charge in [-0.1, -0.05) is 113 Å². The summed E-state index contributed by atoms with van der Waals surface area (Å²) < 4.78 is 19.2. The quantitative estimate of drug-likeness (QED) is 0.256. The predicted molar refractivity (Wildman–Crippen MR) is 157 cm³/mol. The fourth-order valence-corrected chi connectivity index (χ4v) is 10.1. The van der Waals surface area contributed by atoms with Crippen molar-refractivity contribution in [3.63, 3.8) is 0 Å². The number of carbonyl (C=O) groups excluding carboxylic acids is 1. The molecular formula is C31H42O4Si2. The molecule has 0 spiro atoms. The third-order valence-electron chi connectivity index (χ3n) is 6.51. The van der Waals surface area contributed by atoms with Crippen LogP contribution in [0.25, 0.3) is 0 Å². The fraction of sp³-hybridized carbons (Fsp3) is 0.452. The highest BCUT2D eigenvalue weighted by Gasteiger charge is 2.51. The maximum absolute atomic E-state index is 11.8. The molecule has 37 heavy (non-hydrogen) atoms. The Morgan fingerprint density at radius 2 is 1.59 bits per heavy atom. The van der Waals surface area contributed by atoms with Gasteiger partial charge in [-0.15, -0.1) is 5.54 Å². The molecule has 1 heterocycles. The highest BCUT2D eigenvalue weighted by Crippen LogP contribution is 2.37. The molecular weight excluding hydrogens is 493 g/mol. The van der Waals surface area contributed by atoms with E-state index in [0.29, 0.717) is 19.4 Å². The first kappa shape index (κ1) is 29.1. The molecule has 0 aromatic heterocycles. The first-order valence-electron chi connectivity index (χ1n) is 13.2. The van der Waals surface area contributed by atoms with Crippen molar-refractivity contribution >= 4 is 32.7 Å². The van der Waals surface area contributed by atoms with E-state index in [0.717, 1.165) is 0 Å². The molecule has 1 fully saturated rings. The van der Waals surface area contributed by atoms with Crippen molar-refractivity contribution in [1.29, 1.82) is 0 Å². The van der Waals surface area contributed by atoms with Gasteiger partial charge in [0.25, 0.3) is 8.32 Å². The molecule has 1 aliphatic rings. The molecule has 0 unspecified atom stereocenters. The Balaban J connectivity index is 1.83. The standard InChI is InChI=1S/C31H42O4Si2/c1-25(32)34-30-23-26(35-29(30)21-15-10-16-22-36(5,6)7)24-33-37(31(2,3)4,27-17-11-8-12-18-27)28-19-13-9-14-20-28/h8-15,17-20,26,29-30H,21,23-24H2,1-7H3/b15-10+/t26-,29-,30-/m1/s1. The maximum atomic E-state index is 11.8. The van der Waals surface area contributed by atoms with Gasteiger partial charge in [-0.05, 0) is 27.9 Å². The van der Waals surface area contributed by atoms with Gasteiger partial charge < -0.3 is 13.9 Å². The van der Waals surface area contributed by atoms with Gasteiger partial charge in [0.1, 0.15) is 14.2 Å². The van der Waals surface area contributed by atoms with Crippen LogP contribution in [0.5, 0.6) is 0 Å². The minimum absolute atomic E-state index is 0.110. The largest absolute Gasteiger partial charge is 0.460 e. The second kappa shape index (κ2) is 12.4. The van der Waals surface area contributed by atoms with Crippen LogP contribution in [0, 0.1) is 11.5 Å². The zero-order valence-corrected chi connectivity index (χ0v) is 25.4. The molecule has 1 saturated heterocycles. The molecule has 0 N–H and O–H groups in total. The maximum Gasteiger partial charge on any atom is 0.302 e. The zero-order chi connectivity index (χ0) is 27.1. The van der Waals surface area contributed by atoms with E-state index in [1.165, 1.54) is 17.3 Å². The van der Waals surface area contributed by atoms with Crippen LogP contribution in [-0.4, -0.2) is 47.3 Å². The third kappa shape index (κ3) is 7.78. The summed E-state index contributed by atoms with van der Waals surface area (Å²) in [6, 6.07) is 21.2. The Kier molecular flexibility index (Phi) is 9.76. The summed E-state index contributed by atoms with van der Waals surface area (Å²) in [5.74, 6) is 2.88. The van der Waals surface area contributed by atoms with Crippen molar-refractivity contribution in [3.8, 4) is 11.5 Å². The lowest BCUT2D eigenvalue weighted by atomic mass is 10.1. The number of hydrogen-bond acceptors (Lipinski definition) is 4. The average Bonchev–Trinajstić information content (AvgIpc) is 3.19. The van der Waals surface area contributed by atoms with Gasteiger partial charge in [0, 0.05) is 13.3 Å². The number of allylic oxidation sites excluding steroid dienone is 1. The number of rotatable bonds is 8. The number of ether oxygens (including phenoxy) is 2. The molecule has 0 bridgehead atoms. The lowest BCUT2D eigenvalue weighted by Crippen LogP contribution is -2.67. The molecule has 2 aromatic carbocycles. The van der Waals surface area contributed by atoms with Crippen LogP contribution in [0.1, 0.15) is 40.5 Å². The van der Waals surface area contributed by atoms with Crippen LogP contribution in [0.3, 0.4) is 0 Å². The Labute approximate surface area is 225 Å². The van der Waals surface area contributed by atoms with E-state index in [4.69, 9.17) is 13.9 Å². The molecule has 2 aromatic rings. The van der Waals surface area contributed by atoms with Crippen molar-refractivity contribution in [3.05, 3.63) is 72.8 Å². The van der Waals surface area contributed by atoms with Gasteiger partial charge in [-0.3, -0.25) is 4.79 Å². The van der Waals surface area contributed by atoms with Gasteiger partial charge in [-0.2, -0.15) is 0 Å². The van der Waals surface area contributed by atoms with Crippen molar-refractivity contribution in [2.45, 2.75) is 83.5 Å². The second-order valence-electron chi connectivity index (χ2n) is 11.8. The molecule has 0 aliphatic carbocycles. The van der Waals surface area contributed by atoms with Crippen molar-refractivity contribution < 1.29 is 18.7 Å². The van der Waals surface area contributed by atoms with Crippen molar-refractivity contribution in [1.82, 2.24) is 0 Å². The van der Waals surface area contributed by atoms with E-state index in [-0.39, 0.29) is 29.3 Å². The summed E-state index contributed by atoms with van der Waals surface area (Å²) in [5, 5.41) is 2.37. The molecule has 4 nitrogen and oxygen atoms in total. The highest BCUT2D eigenvalue weighted by molar-refractivity contribution is 6.99. The average molecular weight is 535 g/mol. The van der Waals surface area contributed by atoms with Crippen LogP contribution in [0.2, 0.25) is 24.7 Å². The molecule has 6 heteroatoms.